The Labute approximate surface area is 200 Å². The molecule has 0 bridgehead atoms. The number of piperidine rings is 1. The number of hydrogen-bond acceptors (Lipinski definition) is 7. The number of carbonyl (C=O) groups is 1. The molecule has 0 aliphatic carbocycles. The highest BCUT2D eigenvalue weighted by Crippen LogP contribution is 2.44. The molecule has 7 nitrogen and oxygen atoms in total. The van der Waals surface area contributed by atoms with Crippen molar-refractivity contribution >= 4 is 11.7 Å². The van der Waals surface area contributed by atoms with Crippen LogP contribution in [0.5, 0.6) is 5.75 Å². The van der Waals surface area contributed by atoms with Crippen LogP contribution in [0.1, 0.15) is 58.0 Å². The number of anilines is 1. The summed E-state index contributed by atoms with van der Waals surface area (Å²) in [4.78, 5) is 16.5. The number of esters is 1. The highest BCUT2D eigenvalue weighted by molar-refractivity contribution is 5.93. The van der Waals surface area contributed by atoms with Gasteiger partial charge in [0, 0.05) is 31.3 Å². The highest BCUT2D eigenvalue weighted by atomic mass is 16.5. The van der Waals surface area contributed by atoms with E-state index >= 15 is 0 Å². The second-order valence-corrected chi connectivity index (χ2v) is 9.87. The van der Waals surface area contributed by atoms with Gasteiger partial charge in [0.05, 0.1) is 36.1 Å². The lowest BCUT2D eigenvalue weighted by atomic mass is 9.77. The minimum atomic E-state index is -0.585. The van der Waals surface area contributed by atoms with Gasteiger partial charge in [0.1, 0.15) is 12.4 Å². The maximum absolute atomic E-state index is 11.8. The average molecular weight is 462 g/mol. The van der Waals surface area contributed by atoms with Crippen LogP contribution in [0, 0.1) is 23.7 Å². The first-order valence-corrected chi connectivity index (χ1v) is 12.0. The van der Waals surface area contributed by atoms with E-state index in [0.29, 0.717) is 24.3 Å². The number of nitrogens with zero attached hydrogens (tertiary/aromatic N) is 3. The van der Waals surface area contributed by atoms with Crippen LogP contribution in [-0.2, 0) is 11.3 Å². The van der Waals surface area contributed by atoms with Crippen LogP contribution in [0.25, 0.3) is 0 Å². The van der Waals surface area contributed by atoms with E-state index in [0.717, 1.165) is 73.6 Å². The monoisotopic (exact) mass is 461 g/mol. The Bertz CT molecular complexity index is 1150. The van der Waals surface area contributed by atoms with Crippen molar-refractivity contribution in [2.45, 2.75) is 38.9 Å². The molecule has 1 unspecified atom stereocenters. The lowest BCUT2D eigenvalue weighted by Gasteiger charge is -2.40. The number of fused-ring (bicyclic) bond motifs is 1. The topological polar surface area (TPSA) is 86.0 Å². The Kier molecular flexibility index (Phi) is 5.97. The van der Waals surface area contributed by atoms with E-state index in [4.69, 9.17) is 9.47 Å². The van der Waals surface area contributed by atoms with E-state index in [1.54, 1.807) is 13.2 Å². The lowest BCUT2D eigenvalue weighted by molar-refractivity contribution is 0.0534. The predicted molar refractivity (Wildman–Crippen MR) is 128 cm³/mol. The van der Waals surface area contributed by atoms with Crippen molar-refractivity contribution in [1.82, 2.24) is 4.90 Å². The molecule has 1 spiro atoms. The normalized spacial score (nSPS) is 20.2. The van der Waals surface area contributed by atoms with Gasteiger partial charge in [-0.05, 0) is 74.0 Å². The molecular weight excluding hydrogens is 430 g/mol. The van der Waals surface area contributed by atoms with Crippen LogP contribution >= 0.6 is 0 Å². The number of rotatable bonds is 5. The zero-order valence-corrected chi connectivity index (χ0v) is 19.8. The second-order valence-electron chi connectivity index (χ2n) is 9.87. The van der Waals surface area contributed by atoms with E-state index in [9.17, 15) is 15.2 Å². The fourth-order valence-electron chi connectivity index (χ4n) is 5.84. The van der Waals surface area contributed by atoms with Gasteiger partial charge in [0.2, 0.25) is 0 Å². The first-order chi connectivity index (χ1) is 16.4. The standard InChI is InChI=1S/C27H31N3O4/c1-18-20(4-5-21-22(18)16-34-26(21)32)24(31)15-29-10-7-27(8-11-29)9-12-30(17-27)23-6-3-19(14-28)13-25(23)33-2/h3-6,13,24,31H,7-12,15-17H2,1-2H3. The van der Waals surface area contributed by atoms with E-state index in [-0.39, 0.29) is 11.4 Å². The summed E-state index contributed by atoms with van der Waals surface area (Å²) in [6.45, 7) is 6.76. The SMILES string of the molecule is COc1cc(C#N)ccc1N1CCC2(CCN(CC(O)c3ccc4c(c3C)COC4=O)CC2)C1. The number of aliphatic hydroxyl groups excluding tert-OH is 1. The van der Waals surface area contributed by atoms with Gasteiger partial charge in [-0.25, -0.2) is 4.79 Å². The zero-order valence-electron chi connectivity index (χ0n) is 19.8. The van der Waals surface area contributed by atoms with Crippen LogP contribution in [0.3, 0.4) is 0 Å². The Morgan fingerprint density at radius 3 is 2.71 bits per heavy atom. The van der Waals surface area contributed by atoms with Crippen molar-refractivity contribution in [2.24, 2.45) is 5.41 Å². The fourth-order valence-corrected chi connectivity index (χ4v) is 5.84. The lowest BCUT2D eigenvalue weighted by Crippen LogP contribution is -2.43. The Morgan fingerprint density at radius 2 is 1.97 bits per heavy atom. The van der Waals surface area contributed by atoms with E-state index in [1.165, 1.54) is 0 Å². The highest BCUT2D eigenvalue weighted by Gasteiger charge is 2.41. The summed E-state index contributed by atoms with van der Waals surface area (Å²) in [5.41, 5.74) is 5.33. The van der Waals surface area contributed by atoms with Crippen molar-refractivity contribution in [3.05, 3.63) is 58.1 Å². The fraction of sp³-hybridized carbons (Fsp3) is 0.481. The smallest absolute Gasteiger partial charge is 0.338 e. The van der Waals surface area contributed by atoms with Gasteiger partial charge < -0.3 is 24.4 Å². The molecule has 2 saturated heterocycles. The third-order valence-electron chi connectivity index (χ3n) is 8.00. The van der Waals surface area contributed by atoms with Gasteiger partial charge in [0.25, 0.3) is 0 Å². The molecule has 2 aromatic carbocycles. The van der Waals surface area contributed by atoms with Crippen molar-refractivity contribution < 1.29 is 19.4 Å². The predicted octanol–water partition coefficient (Wildman–Crippen LogP) is 3.57. The zero-order chi connectivity index (χ0) is 23.9. The van der Waals surface area contributed by atoms with Crippen LogP contribution in [0.2, 0.25) is 0 Å². The number of carbonyl (C=O) groups excluding carboxylic acids is 1. The number of likely N-dealkylation sites (tertiary alicyclic amines) is 1. The third-order valence-corrected chi connectivity index (χ3v) is 8.00. The summed E-state index contributed by atoms with van der Waals surface area (Å²) >= 11 is 0. The Balaban J connectivity index is 1.21. The molecule has 3 aliphatic rings. The number of β-amino-alcohol motifs (C(OH)–C–C–N with tert-alkyl or cyclic N) is 1. The summed E-state index contributed by atoms with van der Waals surface area (Å²) in [5, 5.41) is 20.2. The van der Waals surface area contributed by atoms with Crippen molar-refractivity contribution in [1.29, 1.82) is 5.26 Å². The number of cyclic esters (lactones) is 1. The maximum Gasteiger partial charge on any atom is 0.338 e. The van der Waals surface area contributed by atoms with Crippen LogP contribution in [0.4, 0.5) is 5.69 Å². The number of hydrogen-bond donors (Lipinski definition) is 1. The molecule has 7 heteroatoms. The quantitative estimate of drug-likeness (QED) is 0.681. The molecule has 2 fully saturated rings. The molecule has 2 aromatic rings. The molecule has 1 atom stereocenters. The number of aliphatic hydroxyl groups is 1. The van der Waals surface area contributed by atoms with Crippen molar-refractivity contribution in [3.63, 3.8) is 0 Å². The van der Waals surface area contributed by atoms with E-state index in [2.05, 4.69) is 15.9 Å². The molecule has 0 aromatic heterocycles. The number of benzene rings is 2. The van der Waals surface area contributed by atoms with Crippen LogP contribution in [-0.4, -0.2) is 55.8 Å². The second kappa shape index (κ2) is 8.94. The summed E-state index contributed by atoms with van der Waals surface area (Å²) in [7, 11) is 1.66. The van der Waals surface area contributed by atoms with Gasteiger partial charge in [-0.1, -0.05) is 6.07 Å². The van der Waals surface area contributed by atoms with Gasteiger partial charge in [-0.3, -0.25) is 0 Å². The van der Waals surface area contributed by atoms with Crippen molar-refractivity contribution in [2.75, 3.05) is 44.7 Å². The summed E-state index contributed by atoms with van der Waals surface area (Å²) in [6.07, 6.45) is 2.75. The molecule has 0 amide bonds. The molecule has 0 radical (unpaired) electrons. The van der Waals surface area contributed by atoms with Gasteiger partial charge in [-0.2, -0.15) is 5.26 Å². The molecule has 1 N–H and O–H groups in total. The summed E-state index contributed by atoms with van der Waals surface area (Å²) in [6, 6.07) is 11.5. The molecule has 34 heavy (non-hydrogen) atoms. The molecule has 5 rings (SSSR count). The molecule has 178 valence electrons. The number of nitriles is 1. The minimum absolute atomic E-state index is 0.273. The molecule has 3 aliphatic heterocycles. The minimum Gasteiger partial charge on any atom is -0.495 e. The average Bonchev–Trinajstić information content (AvgIpc) is 3.44. The van der Waals surface area contributed by atoms with Gasteiger partial charge in [-0.15, -0.1) is 0 Å². The Hall–Kier alpha value is -3.08. The van der Waals surface area contributed by atoms with Crippen molar-refractivity contribution in [3.8, 4) is 11.8 Å². The molecular formula is C27H31N3O4. The summed E-state index contributed by atoms with van der Waals surface area (Å²) in [5.74, 6) is 0.484. The van der Waals surface area contributed by atoms with Gasteiger partial charge in [0.15, 0.2) is 0 Å². The van der Waals surface area contributed by atoms with Crippen LogP contribution in [0.15, 0.2) is 30.3 Å². The Morgan fingerprint density at radius 1 is 1.21 bits per heavy atom. The van der Waals surface area contributed by atoms with Gasteiger partial charge >= 0.3 is 5.97 Å². The van der Waals surface area contributed by atoms with E-state index in [1.807, 2.05) is 31.2 Å². The van der Waals surface area contributed by atoms with Crippen LogP contribution < -0.4 is 9.64 Å². The maximum atomic E-state index is 11.8. The largest absolute Gasteiger partial charge is 0.495 e. The molecule has 0 saturated carbocycles. The molecule has 3 heterocycles. The number of ether oxygens (including phenoxy) is 2. The third kappa shape index (κ3) is 4.02. The van der Waals surface area contributed by atoms with E-state index < -0.39 is 6.10 Å². The number of methoxy groups -OCH3 is 1. The summed E-state index contributed by atoms with van der Waals surface area (Å²) < 4.78 is 10.7. The first kappa shape index (κ1) is 22.7. The first-order valence-electron chi connectivity index (χ1n) is 12.0.